The van der Waals surface area contributed by atoms with E-state index in [1.54, 1.807) is 29.3 Å². The van der Waals surface area contributed by atoms with E-state index in [9.17, 15) is 22.8 Å². The molecule has 206 valence electrons. The first-order valence-corrected chi connectivity index (χ1v) is 13.3. The number of amides is 3. The first-order valence-electron chi connectivity index (χ1n) is 13.3. The molecule has 0 radical (unpaired) electrons. The maximum Gasteiger partial charge on any atom is 0.416 e. The van der Waals surface area contributed by atoms with E-state index in [2.05, 4.69) is 15.6 Å². The van der Waals surface area contributed by atoms with Gasteiger partial charge in [-0.15, -0.1) is 0 Å². The number of likely N-dealkylation sites (tertiary alicyclic amines) is 1. The van der Waals surface area contributed by atoms with Crippen molar-refractivity contribution in [2.75, 3.05) is 13.1 Å². The minimum absolute atomic E-state index is 0.168. The zero-order chi connectivity index (χ0) is 28.0. The van der Waals surface area contributed by atoms with Crippen LogP contribution in [-0.2, 0) is 16.5 Å². The molecule has 2 aromatic rings. The van der Waals surface area contributed by atoms with Crippen molar-refractivity contribution in [2.24, 2.45) is 11.8 Å². The van der Waals surface area contributed by atoms with Crippen LogP contribution in [0.3, 0.4) is 0 Å². The number of urea groups is 1. The molecule has 3 aliphatic rings. The van der Waals surface area contributed by atoms with Gasteiger partial charge in [-0.05, 0) is 75.4 Å². The van der Waals surface area contributed by atoms with Crippen molar-refractivity contribution in [1.82, 2.24) is 20.5 Å². The molecule has 1 saturated heterocycles. The number of nitrogens with zero attached hydrogens (tertiary/aromatic N) is 2. The molecule has 9 heteroatoms. The molecule has 3 amide bonds. The molecule has 1 aliphatic heterocycles. The van der Waals surface area contributed by atoms with E-state index < -0.39 is 28.7 Å². The van der Waals surface area contributed by atoms with Crippen LogP contribution in [0.4, 0.5) is 18.0 Å². The summed E-state index contributed by atoms with van der Waals surface area (Å²) in [5.74, 6) is -1.10. The topological polar surface area (TPSA) is 74.3 Å². The number of piperidine rings is 1. The Morgan fingerprint density at radius 3 is 2.49 bits per heavy atom. The first kappa shape index (κ1) is 27.0. The Bertz CT molecular complexity index is 1320. The highest BCUT2D eigenvalue weighted by atomic mass is 19.4. The molecule has 2 N–H and O–H groups in total. The second-order valence-corrected chi connectivity index (χ2v) is 11.7. The van der Waals surface area contributed by atoms with Crippen LogP contribution in [-0.4, -0.2) is 40.5 Å². The molecule has 5 rings (SSSR count). The monoisotopic (exact) mass is 538 g/mol. The molecule has 0 spiro atoms. The second-order valence-electron chi connectivity index (χ2n) is 11.7. The molecular weight excluding hydrogens is 505 g/mol. The van der Waals surface area contributed by atoms with E-state index in [-0.39, 0.29) is 17.9 Å². The zero-order valence-electron chi connectivity index (χ0n) is 22.3. The van der Waals surface area contributed by atoms with E-state index in [4.69, 9.17) is 0 Å². The minimum atomic E-state index is -4.46. The largest absolute Gasteiger partial charge is 0.416 e. The van der Waals surface area contributed by atoms with Gasteiger partial charge >= 0.3 is 12.2 Å². The molecular formula is C30H33F3N4O2. The van der Waals surface area contributed by atoms with E-state index in [0.717, 1.165) is 36.2 Å². The summed E-state index contributed by atoms with van der Waals surface area (Å²) in [5.41, 5.74) is 1.21. The number of nitrogens with one attached hydrogen (secondary N) is 2. The highest BCUT2D eigenvalue weighted by molar-refractivity contribution is 5.88. The SMILES string of the molecule is CC(C)(C)NC(=O)N1CCC2=C(c3cccc(C(F)(F)F)c3)C=CC(C(=O)NC3(c4ccccn4)CC3)C2C1. The molecule has 39 heavy (non-hydrogen) atoms. The van der Waals surface area contributed by atoms with Crippen molar-refractivity contribution in [3.8, 4) is 0 Å². The van der Waals surface area contributed by atoms with Gasteiger partial charge in [0.05, 0.1) is 22.7 Å². The predicted molar refractivity (Wildman–Crippen MR) is 142 cm³/mol. The van der Waals surface area contributed by atoms with Crippen molar-refractivity contribution < 1.29 is 22.8 Å². The number of benzene rings is 1. The molecule has 1 aromatic carbocycles. The number of fused-ring (bicyclic) bond motifs is 1. The van der Waals surface area contributed by atoms with E-state index in [0.29, 0.717) is 30.6 Å². The number of rotatable bonds is 4. The summed E-state index contributed by atoms with van der Waals surface area (Å²) >= 11 is 0. The lowest BCUT2D eigenvalue weighted by molar-refractivity contribution is -0.137. The van der Waals surface area contributed by atoms with Crippen LogP contribution >= 0.6 is 0 Å². The van der Waals surface area contributed by atoms with E-state index >= 15 is 0 Å². The van der Waals surface area contributed by atoms with Gasteiger partial charge in [-0.1, -0.05) is 35.9 Å². The van der Waals surface area contributed by atoms with Gasteiger partial charge in [0.2, 0.25) is 5.91 Å². The van der Waals surface area contributed by atoms with Crippen molar-refractivity contribution in [3.63, 3.8) is 0 Å². The molecule has 2 unspecified atom stereocenters. The van der Waals surface area contributed by atoms with Crippen molar-refractivity contribution in [2.45, 2.75) is 57.3 Å². The van der Waals surface area contributed by atoms with Crippen molar-refractivity contribution >= 4 is 17.5 Å². The predicted octanol–water partition coefficient (Wildman–Crippen LogP) is 5.68. The zero-order valence-corrected chi connectivity index (χ0v) is 22.3. The number of carbonyl (C=O) groups is 2. The lowest BCUT2D eigenvalue weighted by atomic mass is 9.73. The van der Waals surface area contributed by atoms with Crippen LogP contribution in [0.1, 0.15) is 56.9 Å². The number of pyridine rings is 1. The van der Waals surface area contributed by atoms with E-state index in [1.165, 1.54) is 6.07 Å². The fraction of sp³-hybridized carbons (Fsp3) is 0.433. The highest BCUT2D eigenvalue weighted by Gasteiger charge is 2.49. The maximum absolute atomic E-state index is 13.7. The van der Waals surface area contributed by atoms with Crippen LogP contribution in [0.25, 0.3) is 5.57 Å². The molecule has 1 aromatic heterocycles. The molecule has 2 heterocycles. The van der Waals surface area contributed by atoms with Gasteiger partial charge in [-0.3, -0.25) is 9.78 Å². The average Bonchev–Trinajstić information content (AvgIpc) is 3.67. The number of allylic oxidation sites excluding steroid dienone is 2. The fourth-order valence-electron chi connectivity index (χ4n) is 5.52. The van der Waals surface area contributed by atoms with Crippen LogP contribution in [0, 0.1) is 11.8 Å². The molecule has 2 atom stereocenters. The number of hydrogen-bond acceptors (Lipinski definition) is 3. The fourth-order valence-corrected chi connectivity index (χ4v) is 5.52. The third-order valence-electron chi connectivity index (χ3n) is 7.61. The first-order chi connectivity index (χ1) is 18.4. The Balaban J connectivity index is 1.46. The average molecular weight is 539 g/mol. The minimum Gasteiger partial charge on any atom is -0.344 e. The summed E-state index contributed by atoms with van der Waals surface area (Å²) in [4.78, 5) is 32.9. The summed E-state index contributed by atoms with van der Waals surface area (Å²) < 4.78 is 40.4. The maximum atomic E-state index is 13.7. The number of halogens is 3. The number of aromatic nitrogens is 1. The van der Waals surface area contributed by atoms with Gasteiger partial charge in [0.25, 0.3) is 0 Å². The lowest BCUT2D eigenvalue weighted by Gasteiger charge is -2.41. The summed E-state index contributed by atoms with van der Waals surface area (Å²) in [6, 6.07) is 10.7. The molecule has 0 bridgehead atoms. The van der Waals surface area contributed by atoms with Crippen LogP contribution in [0.15, 0.2) is 66.4 Å². The number of carbonyl (C=O) groups excluding carboxylic acids is 2. The van der Waals surface area contributed by atoms with Gasteiger partial charge in [-0.25, -0.2) is 4.79 Å². The molecule has 2 fully saturated rings. The quantitative estimate of drug-likeness (QED) is 0.527. The summed E-state index contributed by atoms with van der Waals surface area (Å²) in [6.45, 7) is 6.41. The molecule has 2 aliphatic carbocycles. The van der Waals surface area contributed by atoms with E-state index in [1.807, 2.05) is 39.0 Å². The summed E-state index contributed by atoms with van der Waals surface area (Å²) in [5, 5.41) is 6.19. The van der Waals surface area contributed by atoms with Crippen LogP contribution in [0.2, 0.25) is 0 Å². The standard InChI is InChI=1S/C30H33F3N4O2/c1-28(2,3)36-27(39)37-16-12-22-21(19-7-6-8-20(17-19)30(31,32)33)10-11-23(24(22)18-37)26(38)35-29(13-14-29)25-9-4-5-15-34-25/h4-11,15,17,23-24H,12-14,16,18H2,1-3H3,(H,35,38)(H,36,39). The Hall–Kier alpha value is -3.62. The van der Waals surface area contributed by atoms with Gasteiger partial charge in [0.1, 0.15) is 0 Å². The third-order valence-corrected chi connectivity index (χ3v) is 7.61. The Labute approximate surface area is 226 Å². The van der Waals surface area contributed by atoms with Crippen molar-refractivity contribution in [1.29, 1.82) is 0 Å². The van der Waals surface area contributed by atoms with Crippen LogP contribution in [0.5, 0.6) is 0 Å². The molecule has 1 saturated carbocycles. The Kier molecular flexibility index (Phi) is 6.81. The lowest BCUT2D eigenvalue weighted by Crippen LogP contribution is -2.54. The summed E-state index contributed by atoms with van der Waals surface area (Å²) in [6.07, 6.45) is 2.84. The van der Waals surface area contributed by atoms with Crippen molar-refractivity contribution in [3.05, 3.63) is 83.2 Å². The third kappa shape index (κ3) is 5.72. The summed E-state index contributed by atoms with van der Waals surface area (Å²) in [7, 11) is 0. The molecule has 6 nitrogen and oxygen atoms in total. The normalized spacial score (nSPS) is 22.3. The van der Waals surface area contributed by atoms with Gasteiger partial charge in [-0.2, -0.15) is 13.2 Å². The number of hydrogen-bond donors (Lipinski definition) is 2. The van der Waals surface area contributed by atoms with Gasteiger partial charge in [0.15, 0.2) is 0 Å². The smallest absolute Gasteiger partial charge is 0.344 e. The Morgan fingerprint density at radius 1 is 1.08 bits per heavy atom. The van der Waals surface area contributed by atoms with Crippen LogP contribution < -0.4 is 10.6 Å². The highest BCUT2D eigenvalue weighted by Crippen LogP contribution is 2.46. The second kappa shape index (κ2) is 9.84. The van der Waals surface area contributed by atoms with Gasteiger partial charge < -0.3 is 15.5 Å². The number of alkyl halides is 3. The van der Waals surface area contributed by atoms with Gasteiger partial charge in [0, 0.05) is 30.7 Å². The Morgan fingerprint density at radius 2 is 1.85 bits per heavy atom.